The Labute approximate surface area is 198 Å². The number of carbonyl (C=O) groups is 2. The smallest absolute Gasteiger partial charge is 0.245 e. The van der Waals surface area contributed by atoms with E-state index in [9.17, 15) is 9.59 Å². The topological polar surface area (TPSA) is 66.7 Å². The maximum Gasteiger partial charge on any atom is 0.245 e. The molecule has 0 aliphatic carbocycles. The first-order valence-corrected chi connectivity index (χ1v) is 11.8. The van der Waals surface area contributed by atoms with Gasteiger partial charge in [0, 0.05) is 47.0 Å². The second-order valence-corrected chi connectivity index (χ2v) is 8.77. The number of anilines is 1. The lowest BCUT2D eigenvalue weighted by Crippen LogP contribution is -2.30. The number of aromatic nitrogens is 1. The number of fused-ring (bicyclic) bond motifs is 3. The fourth-order valence-corrected chi connectivity index (χ4v) is 4.70. The minimum absolute atomic E-state index is 0.0405. The van der Waals surface area contributed by atoms with Crippen LogP contribution in [0.3, 0.4) is 0 Å². The third-order valence-electron chi connectivity index (χ3n) is 6.49. The Morgan fingerprint density at radius 1 is 1.03 bits per heavy atom. The average Bonchev–Trinajstić information content (AvgIpc) is 3.41. The van der Waals surface area contributed by atoms with Gasteiger partial charge in [0.2, 0.25) is 11.8 Å². The number of hydrogen-bond donors (Lipinski definition) is 1. The van der Waals surface area contributed by atoms with Gasteiger partial charge in [-0.2, -0.15) is 5.10 Å². The molecular formula is C28H28N4O2. The number of para-hydroxylation sites is 1. The van der Waals surface area contributed by atoms with Crippen LogP contribution >= 0.6 is 0 Å². The summed E-state index contributed by atoms with van der Waals surface area (Å²) < 4.78 is 2.37. The summed E-state index contributed by atoms with van der Waals surface area (Å²) in [5, 5.41) is 6.38. The molecule has 172 valence electrons. The van der Waals surface area contributed by atoms with Gasteiger partial charge in [-0.25, -0.2) is 5.43 Å². The Balaban J connectivity index is 1.36. The van der Waals surface area contributed by atoms with Crippen molar-refractivity contribution in [3.8, 4) is 0 Å². The van der Waals surface area contributed by atoms with Crippen LogP contribution in [0.4, 0.5) is 5.69 Å². The van der Waals surface area contributed by atoms with Crippen molar-refractivity contribution in [3.05, 3.63) is 78.4 Å². The van der Waals surface area contributed by atoms with Crippen LogP contribution in [0.5, 0.6) is 0 Å². The van der Waals surface area contributed by atoms with Gasteiger partial charge >= 0.3 is 0 Å². The zero-order chi connectivity index (χ0) is 23.5. The molecule has 2 amide bonds. The SMILES string of the molecule is CCCCn1c2ccccc2c2cc(N3CC(C(=O)N/N=C\c4ccccc4)CC3=O)ccc21. The van der Waals surface area contributed by atoms with Crippen LogP contribution < -0.4 is 10.3 Å². The lowest BCUT2D eigenvalue weighted by atomic mass is 10.1. The van der Waals surface area contributed by atoms with E-state index in [-0.39, 0.29) is 18.2 Å². The number of carbonyl (C=O) groups excluding carboxylic acids is 2. The molecule has 0 radical (unpaired) electrons. The van der Waals surface area contributed by atoms with Gasteiger partial charge in [-0.05, 0) is 36.2 Å². The number of rotatable bonds is 7. The number of nitrogens with zero attached hydrogens (tertiary/aromatic N) is 3. The fraction of sp³-hybridized carbons (Fsp3) is 0.250. The second-order valence-electron chi connectivity index (χ2n) is 8.77. The molecule has 5 rings (SSSR count). The first kappa shape index (κ1) is 21.9. The fourth-order valence-electron chi connectivity index (χ4n) is 4.70. The van der Waals surface area contributed by atoms with E-state index in [1.165, 1.54) is 16.4 Å². The zero-order valence-corrected chi connectivity index (χ0v) is 19.3. The first-order valence-electron chi connectivity index (χ1n) is 11.8. The number of benzene rings is 3. The van der Waals surface area contributed by atoms with E-state index in [1.54, 1.807) is 11.1 Å². The van der Waals surface area contributed by atoms with Crippen molar-refractivity contribution in [2.45, 2.75) is 32.7 Å². The lowest BCUT2D eigenvalue weighted by molar-refractivity contribution is -0.126. The van der Waals surface area contributed by atoms with Crippen molar-refractivity contribution in [2.75, 3.05) is 11.4 Å². The van der Waals surface area contributed by atoms with Crippen LogP contribution in [0.25, 0.3) is 21.8 Å². The number of hydrogen-bond acceptors (Lipinski definition) is 3. The molecule has 3 aromatic carbocycles. The largest absolute Gasteiger partial charge is 0.340 e. The predicted molar refractivity (Wildman–Crippen MR) is 137 cm³/mol. The maximum absolute atomic E-state index is 12.8. The van der Waals surface area contributed by atoms with Gasteiger partial charge in [-0.3, -0.25) is 9.59 Å². The van der Waals surface area contributed by atoms with E-state index >= 15 is 0 Å². The Bertz CT molecular complexity index is 1370. The third-order valence-corrected chi connectivity index (χ3v) is 6.49. The quantitative estimate of drug-likeness (QED) is 0.313. The molecule has 0 saturated carbocycles. The van der Waals surface area contributed by atoms with E-state index in [1.807, 2.05) is 36.4 Å². The molecule has 1 aliphatic heterocycles. The highest BCUT2D eigenvalue weighted by Crippen LogP contribution is 2.34. The van der Waals surface area contributed by atoms with Crippen LogP contribution in [-0.4, -0.2) is 29.1 Å². The summed E-state index contributed by atoms with van der Waals surface area (Å²) in [5.74, 6) is -0.705. The van der Waals surface area contributed by atoms with Gasteiger partial charge in [0.05, 0.1) is 12.1 Å². The van der Waals surface area contributed by atoms with Crippen LogP contribution in [-0.2, 0) is 16.1 Å². The highest BCUT2D eigenvalue weighted by atomic mass is 16.2. The van der Waals surface area contributed by atoms with E-state index in [2.05, 4.69) is 58.4 Å². The Kier molecular flexibility index (Phi) is 6.12. The summed E-state index contributed by atoms with van der Waals surface area (Å²) >= 11 is 0. The summed E-state index contributed by atoms with van der Waals surface area (Å²) in [4.78, 5) is 27.2. The molecule has 0 bridgehead atoms. The molecule has 1 aromatic heterocycles. The van der Waals surface area contributed by atoms with Gasteiger partial charge in [0.1, 0.15) is 0 Å². The zero-order valence-electron chi connectivity index (χ0n) is 19.3. The molecule has 1 aliphatic rings. The summed E-state index contributed by atoms with van der Waals surface area (Å²) in [6, 6.07) is 24.2. The van der Waals surface area contributed by atoms with Gasteiger partial charge in [0.25, 0.3) is 0 Å². The van der Waals surface area contributed by atoms with Gasteiger partial charge in [-0.15, -0.1) is 0 Å². The number of aryl methyl sites for hydroxylation is 1. The van der Waals surface area contributed by atoms with Gasteiger partial charge in [0.15, 0.2) is 0 Å². The molecule has 6 heteroatoms. The minimum Gasteiger partial charge on any atom is -0.340 e. The van der Waals surface area contributed by atoms with Crippen molar-refractivity contribution in [1.29, 1.82) is 0 Å². The Morgan fingerprint density at radius 3 is 2.62 bits per heavy atom. The van der Waals surface area contributed by atoms with Gasteiger partial charge in [-0.1, -0.05) is 61.9 Å². The highest BCUT2D eigenvalue weighted by molar-refractivity contribution is 6.10. The number of amides is 2. The van der Waals surface area contributed by atoms with Crippen LogP contribution in [0, 0.1) is 5.92 Å². The molecule has 1 N–H and O–H groups in total. The van der Waals surface area contributed by atoms with Crippen molar-refractivity contribution in [3.63, 3.8) is 0 Å². The van der Waals surface area contributed by atoms with E-state index in [0.29, 0.717) is 6.54 Å². The molecule has 1 saturated heterocycles. The van der Waals surface area contributed by atoms with E-state index < -0.39 is 5.92 Å². The minimum atomic E-state index is -0.429. The van der Waals surface area contributed by atoms with Gasteiger partial charge < -0.3 is 9.47 Å². The molecule has 4 aromatic rings. The molecule has 1 unspecified atom stereocenters. The summed E-state index contributed by atoms with van der Waals surface area (Å²) in [6.45, 7) is 3.52. The standard InChI is InChI=1S/C28H28N4O2/c1-2-3-15-31-25-12-8-7-11-23(25)24-17-22(13-14-26(24)31)32-19-21(16-27(32)33)28(34)30-29-18-20-9-5-4-6-10-20/h4-14,17-18,21H,2-3,15-16,19H2,1H3,(H,30,34)/b29-18-. The summed E-state index contributed by atoms with van der Waals surface area (Å²) in [5.41, 5.74) is 6.71. The molecule has 1 atom stereocenters. The van der Waals surface area contributed by atoms with Crippen molar-refractivity contribution < 1.29 is 9.59 Å². The van der Waals surface area contributed by atoms with Crippen molar-refractivity contribution in [2.24, 2.45) is 11.0 Å². The maximum atomic E-state index is 12.8. The normalized spacial score (nSPS) is 16.2. The summed E-state index contributed by atoms with van der Waals surface area (Å²) in [6.07, 6.45) is 4.04. The third kappa shape index (κ3) is 4.19. The van der Waals surface area contributed by atoms with Crippen LogP contribution in [0.2, 0.25) is 0 Å². The van der Waals surface area contributed by atoms with Crippen molar-refractivity contribution >= 4 is 45.5 Å². The number of unbranched alkanes of at least 4 members (excludes halogenated alkanes) is 1. The number of hydrazone groups is 1. The lowest BCUT2D eigenvalue weighted by Gasteiger charge is -2.17. The van der Waals surface area contributed by atoms with Crippen LogP contribution in [0.1, 0.15) is 31.7 Å². The van der Waals surface area contributed by atoms with E-state index in [4.69, 9.17) is 0 Å². The average molecular weight is 453 g/mol. The highest BCUT2D eigenvalue weighted by Gasteiger charge is 2.35. The monoisotopic (exact) mass is 452 g/mol. The number of nitrogens with one attached hydrogen (secondary N) is 1. The predicted octanol–water partition coefficient (Wildman–Crippen LogP) is 5.10. The van der Waals surface area contributed by atoms with Crippen LogP contribution in [0.15, 0.2) is 77.9 Å². The van der Waals surface area contributed by atoms with E-state index in [0.717, 1.165) is 36.0 Å². The Morgan fingerprint density at radius 2 is 1.79 bits per heavy atom. The second kappa shape index (κ2) is 9.51. The summed E-state index contributed by atoms with van der Waals surface area (Å²) in [7, 11) is 0. The Hall–Kier alpha value is -3.93. The molecule has 1 fully saturated rings. The first-order chi connectivity index (χ1) is 16.7. The molecule has 6 nitrogen and oxygen atoms in total. The molecule has 2 heterocycles. The molecule has 34 heavy (non-hydrogen) atoms. The van der Waals surface area contributed by atoms with Crippen molar-refractivity contribution in [1.82, 2.24) is 9.99 Å². The molecular weight excluding hydrogens is 424 g/mol. The molecule has 0 spiro atoms.